The molecule has 5 heteroatoms. The van der Waals surface area contributed by atoms with Gasteiger partial charge in [0, 0.05) is 9.85 Å². The summed E-state index contributed by atoms with van der Waals surface area (Å²) in [6.45, 7) is 3.72. The van der Waals surface area contributed by atoms with Crippen molar-refractivity contribution in [1.82, 2.24) is 0 Å². The second kappa shape index (κ2) is 4.96. The number of halogens is 5. The average molecular weight is 316 g/mol. The van der Waals surface area contributed by atoms with Crippen LogP contribution in [-0.4, -0.2) is 6.18 Å². The molecule has 0 amide bonds. The Morgan fingerprint density at radius 3 is 2.25 bits per heavy atom. The van der Waals surface area contributed by atoms with Crippen molar-refractivity contribution >= 4 is 27.5 Å². The van der Waals surface area contributed by atoms with Gasteiger partial charge in [0.15, 0.2) is 0 Å². The fourth-order valence-electron chi connectivity index (χ4n) is 1.36. The first-order valence-electron chi connectivity index (χ1n) is 4.68. The van der Waals surface area contributed by atoms with Gasteiger partial charge in [-0.05, 0) is 36.6 Å². The van der Waals surface area contributed by atoms with E-state index in [0.717, 1.165) is 11.1 Å². The largest absolute Gasteiger partial charge is 0.390 e. The summed E-state index contributed by atoms with van der Waals surface area (Å²) in [6, 6.07) is 3.39. The first kappa shape index (κ1) is 13.8. The Morgan fingerprint density at radius 1 is 1.25 bits per heavy atom. The van der Waals surface area contributed by atoms with Crippen LogP contribution in [0.15, 0.2) is 12.1 Å². The summed E-state index contributed by atoms with van der Waals surface area (Å²) in [5.41, 5.74) is 2.40. The van der Waals surface area contributed by atoms with Crippen molar-refractivity contribution in [1.29, 1.82) is 0 Å². The summed E-state index contributed by atoms with van der Waals surface area (Å²) in [5, 5.41) is 0.370. The number of hydrogen-bond donors (Lipinski definition) is 0. The van der Waals surface area contributed by atoms with Gasteiger partial charge < -0.3 is 0 Å². The third-order valence-electron chi connectivity index (χ3n) is 2.36. The molecule has 0 aliphatic heterocycles. The fourth-order valence-corrected chi connectivity index (χ4v) is 2.58. The van der Waals surface area contributed by atoms with Crippen molar-refractivity contribution in [2.45, 2.75) is 31.3 Å². The highest BCUT2D eigenvalue weighted by molar-refractivity contribution is 9.09. The third-order valence-corrected chi connectivity index (χ3v) is 3.51. The molecule has 1 rings (SSSR count). The summed E-state index contributed by atoms with van der Waals surface area (Å²) in [6.07, 6.45) is -5.12. The van der Waals surface area contributed by atoms with Crippen LogP contribution in [0.2, 0.25) is 5.02 Å². The molecule has 1 aromatic carbocycles. The first-order chi connectivity index (χ1) is 7.20. The highest BCUT2D eigenvalue weighted by Crippen LogP contribution is 2.39. The molecular weight excluding hydrogens is 304 g/mol. The minimum atomic E-state index is -4.20. The quantitative estimate of drug-likeness (QED) is 0.646. The smallest absolute Gasteiger partial charge is 0.171 e. The van der Waals surface area contributed by atoms with Gasteiger partial charge in [0.25, 0.3) is 0 Å². The molecule has 1 unspecified atom stereocenters. The minimum absolute atomic E-state index is 0.370. The normalized spacial score (nSPS) is 13.9. The lowest BCUT2D eigenvalue weighted by Gasteiger charge is -2.16. The molecule has 0 nitrogen and oxygen atoms in total. The van der Waals surface area contributed by atoms with Crippen LogP contribution in [-0.2, 0) is 0 Å². The molecule has 0 saturated carbocycles. The van der Waals surface area contributed by atoms with Gasteiger partial charge in [-0.25, -0.2) is 0 Å². The minimum Gasteiger partial charge on any atom is -0.171 e. The van der Waals surface area contributed by atoms with E-state index in [9.17, 15) is 13.2 Å². The number of rotatable bonds is 2. The van der Waals surface area contributed by atoms with E-state index in [1.165, 1.54) is 0 Å². The van der Waals surface area contributed by atoms with Crippen molar-refractivity contribution in [3.8, 4) is 0 Å². The van der Waals surface area contributed by atoms with Gasteiger partial charge in [-0.1, -0.05) is 33.6 Å². The zero-order chi connectivity index (χ0) is 12.5. The topological polar surface area (TPSA) is 0 Å². The van der Waals surface area contributed by atoms with Crippen LogP contribution >= 0.6 is 27.5 Å². The molecule has 0 aliphatic rings. The van der Waals surface area contributed by atoms with Crippen LogP contribution in [0.25, 0.3) is 0 Å². The maximum absolute atomic E-state index is 12.2. The molecule has 16 heavy (non-hydrogen) atoms. The lowest BCUT2D eigenvalue weighted by atomic mass is 10.0. The monoisotopic (exact) mass is 314 g/mol. The summed E-state index contributed by atoms with van der Waals surface area (Å²) < 4.78 is 36.7. The van der Waals surface area contributed by atoms with Gasteiger partial charge in [-0.15, -0.1) is 0 Å². The maximum atomic E-state index is 12.2. The van der Waals surface area contributed by atoms with E-state index in [2.05, 4.69) is 15.9 Å². The van der Waals surface area contributed by atoms with E-state index in [-0.39, 0.29) is 0 Å². The second-order valence-corrected chi connectivity index (χ2v) is 5.26. The van der Waals surface area contributed by atoms with Crippen LogP contribution in [0.5, 0.6) is 0 Å². The summed E-state index contributed by atoms with van der Waals surface area (Å²) in [5.74, 6) is 0. The lowest BCUT2D eigenvalue weighted by Crippen LogP contribution is -2.11. The lowest BCUT2D eigenvalue weighted by molar-refractivity contribution is -0.134. The van der Waals surface area contributed by atoms with Crippen LogP contribution in [0.3, 0.4) is 0 Å². The van der Waals surface area contributed by atoms with E-state index in [4.69, 9.17) is 11.6 Å². The van der Waals surface area contributed by atoms with Gasteiger partial charge in [-0.2, -0.15) is 13.2 Å². The molecule has 0 fully saturated rings. The first-order valence-corrected chi connectivity index (χ1v) is 5.97. The second-order valence-electron chi connectivity index (χ2n) is 3.74. The van der Waals surface area contributed by atoms with Crippen LogP contribution < -0.4 is 0 Å². The Labute approximate surface area is 106 Å². The van der Waals surface area contributed by atoms with Crippen molar-refractivity contribution in [3.05, 3.63) is 33.8 Å². The van der Waals surface area contributed by atoms with Gasteiger partial charge >= 0.3 is 6.18 Å². The van der Waals surface area contributed by atoms with Gasteiger partial charge in [-0.3, -0.25) is 0 Å². The van der Waals surface area contributed by atoms with E-state index >= 15 is 0 Å². The van der Waals surface area contributed by atoms with Crippen molar-refractivity contribution < 1.29 is 13.2 Å². The average Bonchev–Trinajstić information content (AvgIpc) is 2.08. The van der Waals surface area contributed by atoms with Crippen LogP contribution in [0.4, 0.5) is 13.2 Å². The number of hydrogen-bond acceptors (Lipinski definition) is 0. The highest BCUT2D eigenvalue weighted by atomic mass is 79.9. The number of benzene rings is 1. The van der Waals surface area contributed by atoms with Gasteiger partial charge in [0.2, 0.25) is 0 Å². The van der Waals surface area contributed by atoms with Gasteiger partial charge in [0.1, 0.15) is 0 Å². The zero-order valence-electron chi connectivity index (χ0n) is 8.83. The Balaban J connectivity index is 3.00. The summed E-state index contributed by atoms with van der Waals surface area (Å²) >= 11 is 8.95. The predicted molar refractivity (Wildman–Crippen MR) is 63.3 cm³/mol. The molecule has 0 aliphatic carbocycles. The Kier molecular flexibility index (Phi) is 4.29. The third kappa shape index (κ3) is 3.67. The van der Waals surface area contributed by atoms with Crippen LogP contribution in [0, 0.1) is 13.8 Å². The molecule has 1 atom stereocenters. The molecule has 90 valence electrons. The SMILES string of the molecule is Cc1cc(Cl)c(C(Br)CC(F)(F)F)cc1C. The van der Waals surface area contributed by atoms with Crippen molar-refractivity contribution in [2.24, 2.45) is 0 Å². The highest BCUT2D eigenvalue weighted by Gasteiger charge is 2.32. The standard InChI is InChI=1S/C11H11BrClF3/c1-6-3-8(10(13)4-7(6)2)9(12)5-11(14,15)16/h3-4,9H,5H2,1-2H3. The molecular formula is C11H11BrClF3. The van der Waals surface area contributed by atoms with Crippen LogP contribution in [0.1, 0.15) is 27.9 Å². The molecule has 0 heterocycles. The Hall–Kier alpha value is -0.220. The molecule has 0 spiro atoms. The molecule has 0 N–H and O–H groups in total. The van der Waals surface area contributed by atoms with E-state index in [1.54, 1.807) is 12.1 Å². The van der Waals surface area contributed by atoms with Crippen molar-refractivity contribution in [3.63, 3.8) is 0 Å². The Bertz CT molecular complexity index is 388. The molecule has 1 aromatic rings. The van der Waals surface area contributed by atoms with Gasteiger partial charge in [0.05, 0.1) is 6.42 Å². The maximum Gasteiger partial charge on any atom is 0.390 e. The summed E-state index contributed by atoms with van der Waals surface area (Å²) in [7, 11) is 0. The number of alkyl halides is 4. The Morgan fingerprint density at radius 2 is 1.75 bits per heavy atom. The van der Waals surface area contributed by atoms with Crippen molar-refractivity contribution in [2.75, 3.05) is 0 Å². The van der Waals surface area contributed by atoms with E-state index in [0.29, 0.717) is 10.6 Å². The molecule has 0 aromatic heterocycles. The summed E-state index contributed by atoms with van der Waals surface area (Å²) in [4.78, 5) is -0.792. The fraction of sp³-hybridized carbons (Fsp3) is 0.455. The van der Waals surface area contributed by atoms with E-state index < -0.39 is 17.4 Å². The molecule has 0 radical (unpaired) electrons. The molecule has 0 saturated heterocycles. The van der Waals surface area contributed by atoms with E-state index in [1.807, 2.05) is 13.8 Å². The number of aryl methyl sites for hydroxylation is 2. The zero-order valence-corrected chi connectivity index (χ0v) is 11.2. The molecule has 0 bridgehead atoms. The predicted octanol–water partition coefficient (Wildman–Crippen LogP) is 5.35.